The zero-order valence-electron chi connectivity index (χ0n) is 11.4. The summed E-state index contributed by atoms with van der Waals surface area (Å²) in [5.74, 6) is 0.176. The van der Waals surface area contributed by atoms with Crippen LogP contribution in [0.2, 0.25) is 0 Å². The van der Waals surface area contributed by atoms with Crippen LogP contribution in [0.1, 0.15) is 11.3 Å². The van der Waals surface area contributed by atoms with Gasteiger partial charge in [-0.3, -0.25) is 4.98 Å². The molecule has 0 saturated heterocycles. The number of fused-ring (bicyclic) bond motifs is 1. The Hall–Kier alpha value is -1.94. The molecule has 2 aromatic carbocycles. The Morgan fingerprint density at radius 2 is 1.95 bits per heavy atom. The van der Waals surface area contributed by atoms with Crippen molar-refractivity contribution in [2.45, 2.75) is 13.5 Å². The summed E-state index contributed by atoms with van der Waals surface area (Å²) < 4.78 is 19.7. The minimum absolute atomic E-state index is 0.324. The molecule has 4 heteroatoms. The van der Waals surface area contributed by atoms with Gasteiger partial charge in [-0.05, 0) is 31.2 Å². The molecule has 0 aliphatic heterocycles. The maximum Gasteiger partial charge on any atom is 0.128 e. The number of halogens is 2. The Labute approximate surface area is 130 Å². The predicted molar refractivity (Wildman–Crippen MR) is 84.9 cm³/mol. The van der Waals surface area contributed by atoms with Gasteiger partial charge in [-0.2, -0.15) is 0 Å². The van der Waals surface area contributed by atoms with Crippen LogP contribution in [-0.4, -0.2) is 4.98 Å². The highest BCUT2D eigenvalue weighted by molar-refractivity contribution is 9.10. The molecule has 0 aliphatic carbocycles. The number of ether oxygens (including phenoxy) is 1. The smallest absolute Gasteiger partial charge is 0.128 e. The molecule has 0 radical (unpaired) electrons. The molecule has 1 heterocycles. The summed E-state index contributed by atoms with van der Waals surface area (Å²) in [6, 6.07) is 14.5. The fourth-order valence-electron chi connectivity index (χ4n) is 2.29. The van der Waals surface area contributed by atoms with E-state index in [2.05, 4.69) is 20.9 Å². The van der Waals surface area contributed by atoms with Gasteiger partial charge in [0, 0.05) is 27.2 Å². The third kappa shape index (κ3) is 3.22. The van der Waals surface area contributed by atoms with E-state index < -0.39 is 0 Å². The molecule has 0 spiro atoms. The number of hydrogen-bond acceptors (Lipinski definition) is 2. The van der Waals surface area contributed by atoms with Crippen LogP contribution < -0.4 is 4.74 Å². The van der Waals surface area contributed by atoms with Crippen molar-refractivity contribution in [3.63, 3.8) is 0 Å². The number of hydrogen-bond donors (Lipinski definition) is 0. The van der Waals surface area contributed by atoms with Crippen LogP contribution in [0, 0.1) is 12.7 Å². The van der Waals surface area contributed by atoms with Crippen LogP contribution >= 0.6 is 15.9 Å². The first-order valence-corrected chi connectivity index (χ1v) is 7.35. The van der Waals surface area contributed by atoms with E-state index in [0.717, 1.165) is 22.2 Å². The minimum Gasteiger partial charge on any atom is -0.489 e. The van der Waals surface area contributed by atoms with E-state index >= 15 is 0 Å². The summed E-state index contributed by atoms with van der Waals surface area (Å²) in [4.78, 5) is 4.50. The lowest BCUT2D eigenvalue weighted by Gasteiger charge is -2.10. The monoisotopic (exact) mass is 345 g/mol. The molecule has 0 amide bonds. The van der Waals surface area contributed by atoms with Crippen molar-refractivity contribution in [3.05, 3.63) is 70.1 Å². The summed E-state index contributed by atoms with van der Waals surface area (Å²) in [7, 11) is 0. The molecule has 21 heavy (non-hydrogen) atoms. The molecule has 0 atom stereocenters. The summed E-state index contributed by atoms with van der Waals surface area (Å²) >= 11 is 3.26. The highest BCUT2D eigenvalue weighted by Gasteiger charge is 2.06. The van der Waals surface area contributed by atoms with Gasteiger partial charge in [-0.1, -0.05) is 34.1 Å². The molecular formula is C17H13BrFNO. The van der Waals surface area contributed by atoms with Crippen molar-refractivity contribution in [2.24, 2.45) is 0 Å². The van der Waals surface area contributed by atoms with Gasteiger partial charge in [-0.25, -0.2) is 4.39 Å². The van der Waals surface area contributed by atoms with Crippen molar-refractivity contribution < 1.29 is 9.13 Å². The average molecular weight is 346 g/mol. The quantitative estimate of drug-likeness (QED) is 0.664. The van der Waals surface area contributed by atoms with Gasteiger partial charge in [0.15, 0.2) is 0 Å². The maximum atomic E-state index is 13.4. The summed E-state index contributed by atoms with van der Waals surface area (Å²) in [6.45, 7) is 2.33. The van der Waals surface area contributed by atoms with E-state index in [1.807, 2.05) is 37.3 Å². The van der Waals surface area contributed by atoms with Crippen LogP contribution in [0.15, 0.2) is 53.0 Å². The number of aromatic nitrogens is 1. The van der Waals surface area contributed by atoms with Crippen molar-refractivity contribution in [1.29, 1.82) is 0 Å². The van der Waals surface area contributed by atoms with Crippen molar-refractivity contribution in [1.82, 2.24) is 4.98 Å². The lowest BCUT2D eigenvalue weighted by molar-refractivity contribution is 0.305. The SMILES string of the molecule is Cc1cc(COc2cc(F)cc(Br)c2)c2ccccc2n1. The second kappa shape index (κ2) is 5.82. The van der Waals surface area contributed by atoms with E-state index in [0.29, 0.717) is 16.8 Å². The Kier molecular flexibility index (Phi) is 3.88. The van der Waals surface area contributed by atoms with Crippen LogP contribution in [0.3, 0.4) is 0 Å². The van der Waals surface area contributed by atoms with Gasteiger partial charge < -0.3 is 4.74 Å². The number of para-hydroxylation sites is 1. The topological polar surface area (TPSA) is 22.1 Å². The lowest BCUT2D eigenvalue weighted by Crippen LogP contribution is -1.99. The molecule has 2 nitrogen and oxygen atoms in total. The second-order valence-electron chi connectivity index (χ2n) is 4.83. The molecule has 0 fully saturated rings. The number of aryl methyl sites for hydroxylation is 1. The number of nitrogens with zero attached hydrogens (tertiary/aromatic N) is 1. The minimum atomic E-state index is -0.324. The Bertz CT molecular complexity index is 784. The van der Waals surface area contributed by atoms with Gasteiger partial charge in [0.1, 0.15) is 18.2 Å². The standard InChI is InChI=1S/C17H13BrFNO/c1-11-6-12(16-4-2-3-5-17(16)20-11)10-21-15-8-13(18)7-14(19)9-15/h2-9H,10H2,1H3. The van der Waals surface area contributed by atoms with Crippen molar-refractivity contribution >= 4 is 26.8 Å². The number of benzene rings is 2. The summed E-state index contributed by atoms with van der Waals surface area (Å²) in [5.41, 5.74) is 2.92. The van der Waals surface area contributed by atoms with Gasteiger partial charge in [0.05, 0.1) is 5.52 Å². The van der Waals surface area contributed by atoms with Crippen LogP contribution in [-0.2, 0) is 6.61 Å². The molecule has 3 aromatic rings. The molecule has 0 N–H and O–H groups in total. The van der Waals surface area contributed by atoms with E-state index in [1.165, 1.54) is 12.1 Å². The van der Waals surface area contributed by atoms with Crippen LogP contribution in [0.4, 0.5) is 4.39 Å². The zero-order chi connectivity index (χ0) is 14.8. The predicted octanol–water partition coefficient (Wildman–Crippen LogP) is 5.02. The van der Waals surface area contributed by atoms with E-state index in [-0.39, 0.29) is 5.82 Å². The van der Waals surface area contributed by atoms with Crippen LogP contribution in [0.5, 0.6) is 5.75 Å². The summed E-state index contributed by atoms with van der Waals surface area (Å²) in [5, 5.41) is 1.05. The fraction of sp³-hybridized carbons (Fsp3) is 0.118. The third-order valence-corrected chi connectivity index (χ3v) is 3.62. The molecule has 106 valence electrons. The average Bonchev–Trinajstić information content (AvgIpc) is 2.43. The van der Waals surface area contributed by atoms with Gasteiger partial charge in [-0.15, -0.1) is 0 Å². The normalized spacial score (nSPS) is 10.8. The molecule has 0 saturated carbocycles. The largest absolute Gasteiger partial charge is 0.489 e. The first kappa shape index (κ1) is 14.0. The third-order valence-electron chi connectivity index (χ3n) is 3.16. The van der Waals surface area contributed by atoms with Crippen LogP contribution in [0.25, 0.3) is 10.9 Å². The molecule has 0 unspecified atom stereocenters. The second-order valence-corrected chi connectivity index (χ2v) is 5.75. The van der Waals surface area contributed by atoms with Crippen molar-refractivity contribution in [2.75, 3.05) is 0 Å². The lowest BCUT2D eigenvalue weighted by atomic mass is 10.1. The van der Waals surface area contributed by atoms with Gasteiger partial charge in [0.25, 0.3) is 0 Å². The maximum absolute atomic E-state index is 13.4. The van der Waals surface area contributed by atoms with E-state index in [1.54, 1.807) is 6.07 Å². The van der Waals surface area contributed by atoms with Gasteiger partial charge >= 0.3 is 0 Å². The number of rotatable bonds is 3. The molecule has 1 aromatic heterocycles. The summed E-state index contributed by atoms with van der Waals surface area (Å²) in [6.07, 6.45) is 0. The molecular weight excluding hydrogens is 333 g/mol. The van der Waals surface area contributed by atoms with Crippen molar-refractivity contribution in [3.8, 4) is 5.75 Å². The Balaban J connectivity index is 1.91. The van der Waals surface area contributed by atoms with E-state index in [4.69, 9.17) is 4.74 Å². The Morgan fingerprint density at radius 3 is 2.76 bits per heavy atom. The highest BCUT2D eigenvalue weighted by atomic mass is 79.9. The Morgan fingerprint density at radius 1 is 1.14 bits per heavy atom. The van der Waals surface area contributed by atoms with E-state index in [9.17, 15) is 4.39 Å². The highest BCUT2D eigenvalue weighted by Crippen LogP contribution is 2.23. The first-order valence-electron chi connectivity index (χ1n) is 6.56. The zero-order valence-corrected chi connectivity index (χ0v) is 13.0. The fourth-order valence-corrected chi connectivity index (χ4v) is 2.73. The molecule has 0 bridgehead atoms. The first-order chi connectivity index (χ1) is 10.1. The molecule has 0 aliphatic rings. The van der Waals surface area contributed by atoms with Gasteiger partial charge in [0.2, 0.25) is 0 Å². The number of pyridine rings is 1. The molecule has 3 rings (SSSR count).